The van der Waals surface area contributed by atoms with Gasteiger partial charge in [-0.05, 0) is 18.6 Å². The molecule has 1 aliphatic heterocycles. The van der Waals surface area contributed by atoms with Crippen molar-refractivity contribution in [3.8, 4) is 0 Å². The lowest BCUT2D eigenvalue weighted by atomic mass is 9.86. The molecule has 0 radical (unpaired) electrons. The summed E-state index contributed by atoms with van der Waals surface area (Å²) < 4.78 is 37.1. The zero-order chi connectivity index (χ0) is 13.4. The van der Waals surface area contributed by atoms with Crippen molar-refractivity contribution in [2.75, 3.05) is 18.0 Å². The Balaban J connectivity index is 2.01. The minimum absolute atomic E-state index is 0.209. The van der Waals surface area contributed by atoms with E-state index in [1.54, 1.807) is 0 Å². The molecular formula is C12H16F3N3. The number of anilines is 1. The molecule has 0 unspecified atom stereocenters. The number of nitrogens with zero attached hydrogens (tertiary/aromatic N) is 2. The third-order valence-electron chi connectivity index (χ3n) is 3.16. The van der Waals surface area contributed by atoms with Gasteiger partial charge in [-0.2, -0.15) is 13.2 Å². The van der Waals surface area contributed by atoms with Gasteiger partial charge in [-0.3, -0.25) is 0 Å². The summed E-state index contributed by atoms with van der Waals surface area (Å²) in [7, 11) is 0. The molecule has 2 N–H and O–H groups in total. The molecule has 0 aliphatic carbocycles. The summed E-state index contributed by atoms with van der Waals surface area (Å²) in [5.41, 5.74) is 5.16. The molecule has 100 valence electrons. The fourth-order valence-corrected chi connectivity index (χ4v) is 2.27. The van der Waals surface area contributed by atoms with Crippen LogP contribution in [0.4, 0.5) is 19.0 Å². The zero-order valence-electron chi connectivity index (χ0n) is 10.2. The van der Waals surface area contributed by atoms with Crippen LogP contribution in [0, 0.1) is 0 Å². The van der Waals surface area contributed by atoms with Gasteiger partial charge in [-0.1, -0.05) is 13.3 Å². The third kappa shape index (κ3) is 2.58. The fourth-order valence-electron chi connectivity index (χ4n) is 2.27. The lowest BCUT2D eigenvalue weighted by Gasteiger charge is -2.48. The van der Waals surface area contributed by atoms with Crippen molar-refractivity contribution >= 4 is 5.82 Å². The number of alkyl halides is 3. The molecular weight excluding hydrogens is 243 g/mol. The molecule has 2 rings (SSSR count). The van der Waals surface area contributed by atoms with E-state index in [2.05, 4.69) is 11.9 Å². The van der Waals surface area contributed by atoms with Gasteiger partial charge < -0.3 is 10.6 Å². The number of pyridine rings is 1. The molecule has 1 fully saturated rings. The Kier molecular flexibility index (Phi) is 3.23. The monoisotopic (exact) mass is 259 g/mol. The van der Waals surface area contributed by atoms with Gasteiger partial charge in [0.25, 0.3) is 0 Å². The fraction of sp³-hybridized carbons (Fsp3) is 0.583. The normalized spacial score (nSPS) is 18.6. The minimum atomic E-state index is -4.33. The van der Waals surface area contributed by atoms with Crippen molar-refractivity contribution in [1.29, 1.82) is 0 Å². The Hall–Kier alpha value is -1.30. The highest BCUT2D eigenvalue weighted by Crippen LogP contribution is 2.31. The van der Waals surface area contributed by atoms with Crippen LogP contribution in [0.2, 0.25) is 0 Å². The van der Waals surface area contributed by atoms with E-state index in [-0.39, 0.29) is 5.54 Å². The summed E-state index contributed by atoms with van der Waals surface area (Å²) in [6, 6.07) is 2.45. The first-order chi connectivity index (χ1) is 8.34. The number of halogens is 3. The molecule has 0 aromatic carbocycles. The van der Waals surface area contributed by atoms with Crippen LogP contribution in [-0.4, -0.2) is 23.6 Å². The van der Waals surface area contributed by atoms with Gasteiger partial charge >= 0.3 is 6.18 Å². The first-order valence-electron chi connectivity index (χ1n) is 5.91. The van der Waals surface area contributed by atoms with E-state index in [0.29, 0.717) is 18.9 Å². The molecule has 1 saturated heterocycles. The molecule has 2 heterocycles. The molecule has 1 aliphatic rings. The zero-order valence-corrected chi connectivity index (χ0v) is 10.2. The smallest absolute Gasteiger partial charge is 0.353 e. The van der Waals surface area contributed by atoms with Crippen molar-refractivity contribution in [2.24, 2.45) is 5.73 Å². The van der Waals surface area contributed by atoms with Gasteiger partial charge in [0.05, 0.1) is 11.1 Å². The molecule has 0 atom stereocenters. The van der Waals surface area contributed by atoms with E-state index in [0.717, 1.165) is 25.1 Å². The highest BCUT2D eigenvalue weighted by atomic mass is 19.4. The topological polar surface area (TPSA) is 42.1 Å². The molecule has 18 heavy (non-hydrogen) atoms. The third-order valence-corrected chi connectivity index (χ3v) is 3.16. The molecule has 1 aromatic heterocycles. The molecule has 0 spiro atoms. The van der Waals surface area contributed by atoms with Crippen LogP contribution >= 0.6 is 0 Å². The van der Waals surface area contributed by atoms with Crippen LogP contribution in [-0.2, 0) is 6.18 Å². The summed E-state index contributed by atoms with van der Waals surface area (Å²) in [5.74, 6) is 0.556. The average Bonchev–Trinajstić information content (AvgIpc) is 2.25. The average molecular weight is 259 g/mol. The van der Waals surface area contributed by atoms with E-state index in [4.69, 9.17) is 5.73 Å². The Morgan fingerprint density at radius 3 is 2.50 bits per heavy atom. The Labute approximate surface area is 104 Å². The SMILES string of the molecule is CCCC1(N)CN(c2ccc(C(F)(F)F)cn2)C1. The van der Waals surface area contributed by atoms with Gasteiger partial charge in [0.2, 0.25) is 0 Å². The second-order valence-electron chi connectivity index (χ2n) is 4.87. The number of rotatable bonds is 3. The first kappa shape index (κ1) is 13.1. The maximum atomic E-state index is 12.4. The molecule has 3 nitrogen and oxygen atoms in total. The summed E-state index contributed by atoms with van der Waals surface area (Å²) in [6.45, 7) is 3.37. The van der Waals surface area contributed by atoms with E-state index in [9.17, 15) is 13.2 Å². The van der Waals surface area contributed by atoms with Crippen LogP contribution in [0.25, 0.3) is 0 Å². The minimum Gasteiger partial charge on any atom is -0.353 e. The number of nitrogens with two attached hydrogens (primary N) is 1. The maximum absolute atomic E-state index is 12.4. The second-order valence-corrected chi connectivity index (χ2v) is 4.87. The van der Waals surface area contributed by atoms with E-state index in [1.165, 1.54) is 6.07 Å². The lowest BCUT2D eigenvalue weighted by molar-refractivity contribution is -0.137. The Bertz CT molecular complexity index is 408. The van der Waals surface area contributed by atoms with Crippen molar-refractivity contribution in [3.63, 3.8) is 0 Å². The predicted molar refractivity (Wildman–Crippen MR) is 63.3 cm³/mol. The number of hydrogen-bond donors (Lipinski definition) is 1. The van der Waals surface area contributed by atoms with Crippen molar-refractivity contribution in [2.45, 2.75) is 31.5 Å². The summed E-state index contributed by atoms with van der Waals surface area (Å²) >= 11 is 0. The highest BCUT2D eigenvalue weighted by molar-refractivity contribution is 5.45. The Morgan fingerprint density at radius 1 is 1.39 bits per heavy atom. The summed E-state index contributed by atoms with van der Waals surface area (Å²) in [5, 5.41) is 0. The quantitative estimate of drug-likeness (QED) is 0.906. The molecule has 6 heteroatoms. The maximum Gasteiger partial charge on any atom is 0.417 e. The van der Waals surface area contributed by atoms with Crippen LogP contribution in [0.15, 0.2) is 18.3 Å². The van der Waals surface area contributed by atoms with E-state index in [1.807, 2.05) is 4.90 Å². The van der Waals surface area contributed by atoms with Gasteiger partial charge in [0.1, 0.15) is 5.82 Å². The van der Waals surface area contributed by atoms with Crippen LogP contribution in [0.3, 0.4) is 0 Å². The lowest BCUT2D eigenvalue weighted by Crippen LogP contribution is -2.67. The van der Waals surface area contributed by atoms with Crippen LogP contribution in [0.1, 0.15) is 25.3 Å². The molecule has 0 amide bonds. The van der Waals surface area contributed by atoms with Gasteiger partial charge in [0.15, 0.2) is 0 Å². The standard InChI is InChI=1S/C12H16F3N3/c1-2-5-11(16)7-18(8-11)10-4-3-9(6-17-10)12(13,14)15/h3-4,6H,2,5,7-8,16H2,1H3. The van der Waals surface area contributed by atoms with Gasteiger partial charge in [-0.15, -0.1) is 0 Å². The second kappa shape index (κ2) is 4.42. The summed E-state index contributed by atoms with van der Waals surface area (Å²) in [4.78, 5) is 5.74. The molecule has 1 aromatic rings. The van der Waals surface area contributed by atoms with Crippen molar-refractivity contribution < 1.29 is 13.2 Å². The first-order valence-corrected chi connectivity index (χ1v) is 5.91. The van der Waals surface area contributed by atoms with Gasteiger partial charge in [0, 0.05) is 19.3 Å². The van der Waals surface area contributed by atoms with Crippen molar-refractivity contribution in [3.05, 3.63) is 23.9 Å². The molecule has 0 saturated carbocycles. The number of aromatic nitrogens is 1. The predicted octanol–water partition coefficient (Wildman–Crippen LogP) is 2.42. The molecule has 0 bridgehead atoms. The Morgan fingerprint density at radius 2 is 2.06 bits per heavy atom. The van der Waals surface area contributed by atoms with Crippen molar-refractivity contribution in [1.82, 2.24) is 4.98 Å². The van der Waals surface area contributed by atoms with Crippen LogP contribution in [0.5, 0.6) is 0 Å². The number of hydrogen-bond acceptors (Lipinski definition) is 3. The highest BCUT2D eigenvalue weighted by Gasteiger charge is 2.39. The largest absolute Gasteiger partial charge is 0.417 e. The van der Waals surface area contributed by atoms with Crippen LogP contribution < -0.4 is 10.6 Å². The summed E-state index contributed by atoms with van der Waals surface area (Å²) in [6.07, 6.45) is -1.54. The van der Waals surface area contributed by atoms with Gasteiger partial charge in [-0.25, -0.2) is 4.98 Å². The van der Waals surface area contributed by atoms with E-state index >= 15 is 0 Å². The van der Waals surface area contributed by atoms with E-state index < -0.39 is 11.7 Å².